The molecule has 3 N–H and O–H groups in total. The van der Waals surface area contributed by atoms with Crippen molar-refractivity contribution >= 4 is 23.0 Å². The normalized spacial score (nSPS) is 17.2. The number of nitrogens with one attached hydrogen (secondary N) is 1. The van der Waals surface area contributed by atoms with Crippen molar-refractivity contribution in [3.8, 4) is 6.07 Å². The summed E-state index contributed by atoms with van der Waals surface area (Å²) in [5.41, 5.74) is 7.91. The van der Waals surface area contributed by atoms with Gasteiger partial charge in [0.2, 0.25) is 0 Å². The van der Waals surface area contributed by atoms with E-state index in [1.807, 2.05) is 25.2 Å². The first-order chi connectivity index (χ1) is 12.0. The zero-order chi connectivity index (χ0) is 18.3. The van der Waals surface area contributed by atoms with Crippen molar-refractivity contribution in [3.05, 3.63) is 53.4 Å². The number of nitrogens with zero attached hydrogens (tertiary/aromatic N) is 2. The maximum Gasteiger partial charge on any atom is 0.123 e. The highest BCUT2D eigenvalue weighted by molar-refractivity contribution is 6.32. The van der Waals surface area contributed by atoms with Crippen LogP contribution in [0, 0.1) is 16.7 Å². The third-order valence-electron chi connectivity index (χ3n) is 4.29. The van der Waals surface area contributed by atoms with E-state index in [1.165, 1.54) is 0 Å². The van der Waals surface area contributed by atoms with Crippen molar-refractivity contribution in [2.45, 2.75) is 19.8 Å². The lowest BCUT2D eigenvalue weighted by atomic mass is 9.81. The van der Waals surface area contributed by atoms with E-state index in [2.05, 4.69) is 22.9 Å². The topological polar surface area (TPSA) is 84.0 Å². The van der Waals surface area contributed by atoms with Gasteiger partial charge in [0.25, 0.3) is 0 Å². The fraction of sp³-hybridized carbons (Fsp3) is 0.368. The number of nitrogens with two attached hydrogens (primary N) is 1. The van der Waals surface area contributed by atoms with Crippen LogP contribution in [0.15, 0.2) is 42.8 Å². The molecule has 2 heterocycles. The lowest BCUT2D eigenvalue weighted by Crippen LogP contribution is -2.37. The number of nitrogen functional groups attached to an aromatic ring is 1. The van der Waals surface area contributed by atoms with Crippen molar-refractivity contribution < 1.29 is 4.74 Å². The summed E-state index contributed by atoms with van der Waals surface area (Å²) >= 11 is 6.15. The van der Waals surface area contributed by atoms with Crippen LogP contribution in [0.25, 0.3) is 5.57 Å². The molecule has 0 unspecified atom stereocenters. The van der Waals surface area contributed by atoms with Gasteiger partial charge in [-0.3, -0.25) is 0 Å². The average molecular weight is 359 g/mol. The summed E-state index contributed by atoms with van der Waals surface area (Å²) in [5, 5.41) is 13.2. The van der Waals surface area contributed by atoms with E-state index < -0.39 is 0 Å². The highest BCUT2D eigenvalue weighted by Gasteiger charge is 2.32. The SMILES string of the molecule is C=C(/C=C\C=C(/C)c1cc(N)ncc1Cl)NCC1(C#N)CCOCC1. The minimum atomic E-state index is -0.372. The molecular formula is C19H23ClN4O. The van der Waals surface area contributed by atoms with Crippen LogP contribution in [0.1, 0.15) is 25.3 Å². The first kappa shape index (κ1) is 19.0. The molecule has 2 rings (SSSR count). The molecule has 0 aliphatic carbocycles. The van der Waals surface area contributed by atoms with Gasteiger partial charge in [0.1, 0.15) is 5.82 Å². The van der Waals surface area contributed by atoms with Crippen LogP contribution in [-0.2, 0) is 4.74 Å². The second kappa shape index (κ2) is 8.70. The molecule has 132 valence electrons. The number of rotatable bonds is 6. The molecule has 1 fully saturated rings. The van der Waals surface area contributed by atoms with Crippen molar-refractivity contribution in [1.29, 1.82) is 5.26 Å². The largest absolute Gasteiger partial charge is 0.384 e. The lowest BCUT2D eigenvalue weighted by molar-refractivity contribution is 0.0416. The molecule has 1 saturated heterocycles. The molecule has 0 aromatic carbocycles. The molecule has 1 aliphatic heterocycles. The van der Waals surface area contributed by atoms with E-state index in [0.29, 0.717) is 30.6 Å². The van der Waals surface area contributed by atoms with Crippen molar-refractivity contribution in [1.82, 2.24) is 10.3 Å². The minimum absolute atomic E-state index is 0.372. The number of pyridine rings is 1. The second-order valence-electron chi connectivity index (χ2n) is 6.18. The van der Waals surface area contributed by atoms with Crippen LogP contribution in [0.2, 0.25) is 5.02 Å². The number of allylic oxidation sites excluding steroid dienone is 4. The van der Waals surface area contributed by atoms with Gasteiger partial charge in [-0.25, -0.2) is 4.98 Å². The Bertz CT molecular complexity index is 727. The van der Waals surface area contributed by atoms with E-state index >= 15 is 0 Å². The molecule has 25 heavy (non-hydrogen) atoms. The summed E-state index contributed by atoms with van der Waals surface area (Å²) in [5.74, 6) is 0.431. The summed E-state index contributed by atoms with van der Waals surface area (Å²) in [6.07, 6.45) is 8.72. The molecular weight excluding hydrogens is 336 g/mol. The van der Waals surface area contributed by atoms with Gasteiger partial charge in [0, 0.05) is 37.2 Å². The Kier molecular flexibility index (Phi) is 6.63. The zero-order valence-electron chi connectivity index (χ0n) is 14.4. The van der Waals surface area contributed by atoms with E-state index in [0.717, 1.165) is 29.7 Å². The number of ether oxygens (including phenoxy) is 1. The van der Waals surface area contributed by atoms with Gasteiger partial charge in [-0.05, 0) is 37.5 Å². The van der Waals surface area contributed by atoms with Crippen molar-refractivity contribution in [2.24, 2.45) is 5.41 Å². The fourth-order valence-corrected chi connectivity index (χ4v) is 2.84. The van der Waals surface area contributed by atoms with E-state index in [-0.39, 0.29) is 5.41 Å². The number of anilines is 1. The van der Waals surface area contributed by atoms with Crippen LogP contribution >= 0.6 is 11.6 Å². The zero-order valence-corrected chi connectivity index (χ0v) is 15.1. The van der Waals surface area contributed by atoms with Gasteiger partial charge < -0.3 is 15.8 Å². The van der Waals surface area contributed by atoms with Gasteiger partial charge in [-0.2, -0.15) is 5.26 Å². The van der Waals surface area contributed by atoms with Crippen LogP contribution in [0.3, 0.4) is 0 Å². The number of nitriles is 1. The van der Waals surface area contributed by atoms with Gasteiger partial charge in [0.15, 0.2) is 0 Å². The maximum absolute atomic E-state index is 9.45. The van der Waals surface area contributed by atoms with Crippen LogP contribution < -0.4 is 11.1 Å². The van der Waals surface area contributed by atoms with Crippen LogP contribution in [0.4, 0.5) is 5.82 Å². The molecule has 0 amide bonds. The summed E-state index contributed by atoms with van der Waals surface area (Å²) in [7, 11) is 0. The molecule has 0 spiro atoms. The van der Waals surface area contributed by atoms with Crippen molar-refractivity contribution in [3.63, 3.8) is 0 Å². The Balaban J connectivity index is 1.93. The van der Waals surface area contributed by atoms with Gasteiger partial charge in [0.05, 0.1) is 16.5 Å². The Morgan fingerprint density at radius 3 is 2.96 bits per heavy atom. The quantitative estimate of drug-likeness (QED) is 0.757. The van der Waals surface area contributed by atoms with Crippen molar-refractivity contribution in [2.75, 3.05) is 25.5 Å². The molecule has 0 atom stereocenters. The molecule has 0 saturated carbocycles. The monoisotopic (exact) mass is 358 g/mol. The fourth-order valence-electron chi connectivity index (χ4n) is 2.59. The molecule has 1 aromatic rings. The standard InChI is InChI=1S/C19H23ClN4O/c1-14(16-10-18(22)23-11-17(16)20)4-3-5-15(2)24-13-19(12-21)6-8-25-9-7-19/h3-5,10-11,24H,2,6-9,13H2,1H3,(H2,22,23)/b5-3-,14-4+. The lowest BCUT2D eigenvalue weighted by Gasteiger charge is -2.31. The maximum atomic E-state index is 9.45. The Hall–Kier alpha value is -2.29. The first-order valence-electron chi connectivity index (χ1n) is 8.14. The smallest absolute Gasteiger partial charge is 0.123 e. The third-order valence-corrected chi connectivity index (χ3v) is 4.59. The molecule has 1 aliphatic rings. The third kappa shape index (κ3) is 5.35. The molecule has 6 heteroatoms. The van der Waals surface area contributed by atoms with Gasteiger partial charge in [-0.15, -0.1) is 0 Å². The first-order valence-corrected chi connectivity index (χ1v) is 8.52. The summed E-state index contributed by atoms with van der Waals surface area (Å²) < 4.78 is 5.34. The van der Waals surface area contributed by atoms with Gasteiger partial charge >= 0.3 is 0 Å². The number of halogens is 1. The summed E-state index contributed by atoms with van der Waals surface area (Å²) in [6.45, 7) is 7.78. The minimum Gasteiger partial charge on any atom is -0.384 e. The predicted molar refractivity (Wildman–Crippen MR) is 102 cm³/mol. The predicted octanol–water partition coefficient (Wildman–Crippen LogP) is 3.70. The Morgan fingerprint density at radius 1 is 1.56 bits per heavy atom. The van der Waals surface area contributed by atoms with Crippen LogP contribution in [0.5, 0.6) is 0 Å². The highest BCUT2D eigenvalue weighted by atomic mass is 35.5. The summed E-state index contributed by atoms with van der Waals surface area (Å²) in [4.78, 5) is 3.95. The number of aromatic nitrogens is 1. The average Bonchev–Trinajstić information content (AvgIpc) is 2.62. The second-order valence-corrected chi connectivity index (χ2v) is 6.59. The van der Waals surface area contributed by atoms with E-state index in [9.17, 15) is 5.26 Å². The van der Waals surface area contributed by atoms with E-state index in [1.54, 1.807) is 12.3 Å². The Labute approximate surface area is 153 Å². The molecule has 5 nitrogen and oxygen atoms in total. The summed E-state index contributed by atoms with van der Waals surface area (Å²) in [6, 6.07) is 4.17. The highest BCUT2D eigenvalue weighted by Crippen LogP contribution is 2.29. The van der Waals surface area contributed by atoms with E-state index in [4.69, 9.17) is 22.1 Å². The molecule has 0 radical (unpaired) electrons. The number of hydrogen-bond acceptors (Lipinski definition) is 5. The molecule has 0 bridgehead atoms. The van der Waals surface area contributed by atoms with Crippen LogP contribution in [-0.4, -0.2) is 24.7 Å². The molecule has 1 aromatic heterocycles. The Morgan fingerprint density at radius 2 is 2.28 bits per heavy atom. The number of hydrogen-bond donors (Lipinski definition) is 2. The van der Waals surface area contributed by atoms with Gasteiger partial charge in [-0.1, -0.05) is 30.3 Å².